The molecule has 1 saturated heterocycles. The van der Waals surface area contributed by atoms with Crippen molar-refractivity contribution in [3.8, 4) is 0 Å². The summed E-state index contributed by atoms with van der Waals surface area (Å²) in [4.78, 5) is 2.94. The first-order chi connectivity index (χ1) is 11.4. The predicted molar refractivity (Wildman–Crippen MR) is 94.3 cm³/mol. The summed E-state index contributed by atoms with van der Waals surface area (Å²) in [6.45, 7) is 2.89. The van der Waals surface area contributed by atoms with Crippen molar-refractivity contribution in [3.63, 3.8) is 0 Å². The first kappa shape index (κ1) is 20.5. The van der Waals surface area contributed by atoms with Crippen LogP contribution in [0.2, 0.25) is 4.34 Å². The van der Waals surface area contributed by atoms with E-state index in [4.69, 9.17) is 11.6 Å². The van der Waals surface area contributed by atoms with Gasteiger partial charge in [-0.25, -0.2) is 4.39 Å². The van der Waals surface area contributed by atoms with Crippen LogP contribution in [-0.2, 0) is 6.18 Å². The Labute approximate surface area is 158 Å². The number of thiophene rings is 1. The van der Waals surface area contributed by atoms with Crippen LogP contribution in [0.5, 0.6) is 0 Å². The van der Waals surface area contributed by atoms with Gasteiger partial charge in [0.2, 0.25) is 0 Å². The minimum atomic E-state index is -4.72. The first-order valence-electron chi connectivity index (χ1n) is 7.43. The van der Waals surface area contributed by atoms with Crippen molar-refractivity contribution in [2.24, 2.45) is 0 Å². The summed E-state index contributed by atoms with van der Waals surface area (Å²) in [6, 6.07) is 6.40. The Balaban J connectivity index is 0.00000225. The second-order valence-corrected chi connectivity index (χ2v) is 7.31. The maximum Gasteiger partial charge on any atom is 0.419 e. The fraction of sp³-hybridized carbons (Fsp3) is 0.375. The molecule has 0 unspecified atom stereocenters. The van der Waals surface area contributed by atoms with Gasteiger partial charge < -0.3 is 5.32 Å². The van der Waals surface area contributed by atoms with E-state index in [-0.39, 0.29) is 18.4 Å². The molecular weight excluding hydrogens is 399 g/mol. The number of benzene rings is 1. The van der Waals surface area contributed by atoms with Crippen LogP contribution in [0.1, 0.15) is 22.0 Å². The molecule has 2 aromatic rings. The third-order valence-corrected chi connectivity index (χ3v) is 5.28. The summed E-state index contributed by atoms with van der Waals surface area (Å²) in [7, 11) is 0. The van der Waals surface area contributed by atoms with Gasteiger partial charge in [0.15, 0.2) is 0 Å². The number of nitrogens with zero attached hydrogens (tertiary/aromatic N) is 1. The van der Waals surface area contributed by atoms with Crippen LogP contribution >= 0.6 is 35.3 Å². The van der Waals surface area contributed by atoms with E-state index in [2.05, 4.69) is 10.2 Å². The third kappa shape index (κ3) is 4.65. The van der Waals surface area contributed by atoms with Gasteiger partial charge in [0, 0.05) is 31.1 Å². The van der Waals surface area contributed by atoms with E-state index >= 15 is 0 Å². The molecule has 2 nitrogen and oxygen atoms in total. The van der Waals surface area contributed by atoms with E-state index in [1.807, 2.05) is 6.07 Å². The van der Waals surface area contributed by atoms with E-state index < -0.39 is 17.6 Å². The van der Waals surface area contributed by atoms with Crippen molar-refractivity contribution < 1.29 is 17.6 Å². The second-order valence-electron chi connectivity index (χ2n) is 5.57. The zero-order chi connectivity index (χ0) is 17.3. The Bertz CT molecular complexity index is 714. The molecule has 1 aliphatic heterocycles. The van der Waals surface area contributed by atoms with Crippen LogP contribution in [0.3, 0.4) is 0 Å². The number of hydrogen-bond donors (Lipinski definition) is 1. The van der Waals surface area contributed by atoms with Crippen molar-refractivity contribution in [2.45, 2.75) is 12.2 Å². The van der Waals surface area contributed by atoms with Gasteiger partial charge in [0.25, 0.3) is 0 Å². The molecule has 0 aliphatic carbocycles. The van der Waals surface area contributed by atoms with Gasteiger partial charge in [-0.3, -0.25) is 4.90 Å². The van der Waals surface area contributed by atoms with E-state index in [0.717, 1.165) is 30.1 Å². The minimum Gasteiger partial charge on any atom is -0.314 e. The number of rotatable bonds is 3. The molecule has 0 amide bonds. The molecule has 1 atom stereocenters. The monoisotopic (exact) mass is 414 g/mol. The number of halogens is 6. The Morgan fingerprint density at radius 3 is 2.36 bits per heavy atom. The summed E-state index contributed by atoms with van der Waals surface area (Å²) in [5, 5.41) is 3.22. The molecular formula is C16H16Cl2F4N2S. The molecule has 1 aromatic carbocycles. The van der Waals surface area contributed by atoms with Crippen LogP contribution in [0.4, 0.5) is 17.6 Å². The Kier molecular flexibility index (Phi) is 6.73. The maximum absolute atomic E-state index is 13.6. The molecule has 138 valence electrons. The number of piperazine rings is 1. The lowest BCUT2D eigenvalue weighted by atomic mass is 9.99. The molecule has 0 spiro atoms. The zero-order valence-electron chi connectivity index (χ0n) is 12.9. The van der Waals surface area contributed by atoms with Gasteiger partial charge in [-0.1, -0.05) is 17.7 Å². The average molecular weight is 415 g/mol. The average Bonchev–Trinajstić information content (AvgIpc) is 2.95. The Morgan fingerprint density at radius 1 is 1.12 bits per heavy atom. The number of nitrogens with one attached hydrogen (secondary N) is 1. The molecule has 25 heavy (non-hydrogen) atoms. The van der Waals surface area contributed by atoms with Crippen molar-refractivity contribution in [2.75, 3.05) is 26.2 Å². The summed E-state index contributed by atoms with van der Waals surface area (Å²) >= 11 is 7.34. The van der Waals surface area contributed by atoms with Gasteiger partial charge >= 0.3 is 6.18 Å². The van der Waals surface area contributed by atoms with Gasteiger partial charge in [-0.05, 0) is 29.8 Å². The fourth-order valence-electron chi connectivity index (χ4n) is 2.90. The van der Waals surface area contributed by atoms with Crippen molar-refractivity contribution >= 4 is 35.3 Å². The molecule has 0 saturated carbocycles. The number of alkyl halides is 3. The molecule has 1 aromatic heterocycles. The van der Waals surface area contributed by atoms with Crippen LogP contribution in [0.15, 0.2) is 30.3 Å². The normalized spacial score (nSPS) is 17.2. The van der Waals surface area contributed by atoms with Crippen molar-refractivity contribution in [3.05, 3.63) is 56.5 Å². The second kappa shape index (κ2) is 8.22. The van der Waals surface area contributed by atoms with E-state index in [0.29, 0.717) is 23.0 Å². The van der Waals surface area contributed by atoms with E-state index in [1.54, 1.807) is 6.07 Å². The lowest BCUT2D eigenvalue weighted by molar-refractivity contribution is -0.140. The first-order valence-corrected chi connectivity index (χ1v) is 8.62. The lowest BCUT2D eigenvalue weighted by Crippen LogP contribution is -2.45. The summed E-state index contributed by atoms with van der Waals surface area (Å²) in [6.07, 6.45) is -4.72. The predicted octanol–water partition coefficient (Wildman–Crippen LogP) is 4.98. The maximum atomic E-state index is 13.6. The minimum absolute atomic E-state index is 0. The van der Waals surface area contributed by atoms with Gasteiger partial charge in [0.1, 0.15) is 5.82 Å². The zero-order valence-corrected chi connectivity index (χ0v) is 15.3. The molecule has 0 bridgehead atoms. The largest absolute Gasteiger partial charge is 0.419 e. The highest BCUT2D eigenvalue weighted by Gasteiger charge is 2.35. The fourth-order valence-corrected chi connectivity index (χ4v) is 4.13. The molecule has 0 radical (unpaired) electrons. The van der Waals surface area contributed by atoms with Gasteiger partial charge in [-0.2, -0.15) is 13.2 Å². The molecule has 1 aliphatic rings. The third-order valence-electron chi connectivity index (χ3n) is 3.99. The SMILES string of the molecule is Cl.Fc1ccc([C@@H](c2ccc(Cl)s2)N2CCNCC2)cc1C(F)(F)F. The highest BCUT2D eigenvalue weighted by Crippen LogP contribution is 2.38. The van der Waals surface area contributed by atoms with Crippen molar-refractivity contribution in [1.29, 1.82) is 0 Å². The highest BCUT2D eigenvalue weighted by molar-refractivity contribution is 7.16. The smallest absolute Gasteiger partial charge is 0.314 e. The van der Waals surface area contributed by atoms with E-state index in [9.17, 15) is 17.6 Å². The summed E-state index contributed by atoms with van der Waals surface area (Å²) in [5.74, 6) is -1.26. The molecule has 3 rings (SSSR count). The van der Waals surface area contributed by atoms with Gasteiger partial charge in [0.05, 0.1) is 15.9 Å². The standard InChI is InChI=1S/C16H15ClF4N2S.ClH/c17-14-4-3-13(24-14)15(23-7-5-22-6-8-23)10-1-2-12(18)11(9-10)16(19,20)21;/h1-4,9,15,22H,5-8H2;1H/t15-;/m0./s1. The summed E-state index contributed by atoms with van der Waals surface area (Å²) < 4.78 is 53.4. The van der Waals surface area contributed by atoms with Crippen LogP contribution in [0.25, 0.3) is 0 Å². The number of hydrogen-bond acceptors (Lipinski definition) is 3. The van der Waals surface area contributed by atoms with Gasteiger partial charge in [-0.15, -0.1) is 23.7 Å². The molecule has 2 heterocycles. The van der Waals surface area contributed by atoms with Crippen molar-refractivity contribution in [1.82, 2.24) is 10.2 Å². The molecule has 9 heteroatoms. The Hall–Kier alpha value is -0.860. The molecule has 1 fully saturated rings. The highest BCUT2D eigenvalue weighted by atomic mass is 35.5. The summed E-state index contributed by atoms with van der Waals surface area (Å²) in [5.41, 5.74) is -0.813. The Morgan fingerprint density at radius 2 is 1.80 bits per heavy atom. The van der Waals surface area contributed by atoms with Crippen LogP contribution < -0.4 is 5.32 Å². The molecule has 1 N–H and O–H groups in total. The van der Waals surface area contributed by atoms with Crippen LogP contribution in [0, 0.1) is 5.82 Å². The van der Waals surface area contributed by atoms with Crippen LogP contribution in [-0.4, -0.2) is 31.1 Å². The van der Waals surface area contributed by atoms with E-state index in [1.165, 1.54) is 17.4 Å². The topological polar surface area (TPSA) is 15.3 Å². The quantitative estimate of drug-likeness (QED) is 0.712. The lowest BCUT2D eigenvalue weighted by Gasteiger charge is -2.35.